The van der Waals surface area contributed by atoms with Crippen molar-refractivity contribution >= 4 is 11.7 Å². The molecule has 3 rings (SSSR count). The average molecular weight is 324 g/mol. The van der Waals surface area contributed by atoms with E-state index in [0.29, 0.717) is 11.6 Å². The Kier molecular flexibility index (Phi) is 4.46. The molecule has 1 amide bonds. The van der Waals surface area contributed by atoms with Crippen molar-refractivity contribution in [1.82, 2.24) is 25.2 Å². The number of carbonyl (C=O) groups is 1. The first-order chi connectivity index (χ1) is 11.7. The fourth-order valence-corrected chi connectivity index (χ4v) is 2.16. The molecule has 8 nitrogen and oxygen atoms in total. The van der Waals surface area contributed by atoms with Crippen LogP contribution in [-0.4, -0.2) is 45.3 Å². The van der Waals surface area contributed by atoms with E-state index in [2.05, 4.69) is 20.5 Å². The lowest BCUT2D eigenvalue weighted by Crippen LogP contribution is -2.28. The number of hydrogen-bond acceptors (Lipinski definition) is 6. The fraction of sp³-hybridized carbons (Fsp3) is 0.188. The Balaban J connectivity index is 1.67. The molecule has 3 aromatic rings. The fourth-order valence-electron chi connectivity index (χ4n) is 2.16. The molecule has 1 aromatic carbocycles. The van der Waals surface area contributed by atoms with E-state index in [9.17, 15) is 4.79 Å². The molecule has 2 aromatic heterocycles. The first-order valence-corrected chi connectivity index (χ1v) is 7.26. The van der Waals surface area contributed by atoms with Gasteiger partial charge < -0.3 is 4.74 Å². The number of benzene rings is 1. The molecule has 0 fully saturated rings. The second-order valence-electron chi connectivity index (χ2n) is 5.11. The molecule has 122 valence electrons. The third-order valence-corrected chi connectivity index (χ3v) is 3.58. The molecule has 0 bridgehead atoms. The lowest BCUT2D eigenvalue weighted by atomic mass is 10.1. The van der Waals surface area contributed by atoms with E-state index in [1.807, 2.05) is 24.3 Å². The summed E-state index contributed by atoms with van der Waals surface area (Å²) >= 11 is 0. The van der Waals surface area contributed by atoms with E-state index in [1.165, 1.54) is 11.2 Å². The Bertz CT molecular complexity index is 800. The quantitative estimate of drug-likeness (QED) is 0.702. The van der Waals surface area contributed by atoms with Gasteiger partial charge >= 0.3 is 0 Å². The average Bonchev–Trinajstić information content (AvgIpc) is 3.16. The summed E-state index contributed by atoms with van der Waals surface area (Å²) in [6, 6.07) is 11.0. The molecule has 0 N–H and O–H groups in total. The summed E-state index contributed by atoms with van der Waals surface area (Å²) in [7, 11) is 3.27. The lowest BCUT2D eigenvalue weighted by Gasteiger charge is -2.16. The van der Waals surface area contributed by atoms with Gasteiger partial charge in [0.2, 0.25) is 5.91 Å². The number of likely N-dealkylation sites (N-methyl/N-ethyl adjacent to an activating group) is 1. The highest BCUT2D eigenvalue weighted by Gasteiger charge is 2.13. The predicted octanol–water partition coefficient (Wildman–Crippen LogP) is 1.27. The van der Waals surface area contributed by atoms with Crippen LogP contribution in [0, 0.1) is 0 Å². The van der Waals surface area contributed by atoms with Crippen molar-refractivity contribution in [3.63, 3.8) is 0 Å². The van der Waals surface area contributed by atoms with E-state index in [0.717, 1.165) is 11.3 Å². The smallest absolute Gasteiger partial charge is 0.232 e. The summed E-state index contributed by atoms with van der Waals surface area (Å²) in [5.74, 6) is 1.17. The van der Waals surface area contributed by atoms with Crippen LogP contribution < -0.4 is 9.64 Å². The molecule has 0 saturated carbocycles. The van der Waals surface area contributed by atoms with Crippen molar-refractivity contribution in [2.24, 2.45) is 0 Å². The molecule has 0 radical (unpaired) electrons. The van der Waals surface area contributed by atoms with E-state index < -0.39 is 0 Å². The predicted molar refractivity (Wildman–Crippen MR) is 87.1 cm³/mol. The van der Waals surface area contributed by atoms with Crippen LogP contribution in [0.5, 0.6) is 5.75 Å². The van der Waals surface area contributed by atoms with Crippen LogP contribution in [-0.2, 0) is 11.2 Å². The van der Waals surface area contributed by atoms with Gasteiger partial charge in [-0.3, -0.25) is 9.69 Å². The van der Waals surface area contributed by atoms with Gasteiger partial charge in [0, 0.05) is 7.05 Å². The van der Waals surface area contributed by atoms with Crippen LogP contribution in [0.25, 0.3) is 5.69 Å². The molecule has 0 aliphatic heterocycles. The molecule has 0 atom stereocenters. The number of methoxy groups -OCH3 is 1. The molecule has 8 heteroatoms. The number of aromatic nitrogens is 5. The minimum atomic E-state index is -0.0529. The standard InChI is InChI=1S/C16H16N6O2/c1-21(15-8-7-14(24-2)10-17-15)16(23)9-12-3-5-13(6-4-12)22-11-18-19-20-22/h3-8,10-11H,9H2,1-2H3. The van der Waals surface area contributed by atoms with Crippen LogP contribution in [0.2, 0.25) is 0 Å². The minimum absolute atomic E-state index is 0.0529. The second kappa shape index (κ2) is 6.86. The minimum Gasteiger partial charge on any atom is -0.495 e. The molecular weight excluding hydrogens is 308 g/mol. The number of tetrazole rings is 1. The highest BCUT2D eigenvalue weighted by Crippen LogP contribution is 2.16. The van der Waals surface area contributed by atoms with Crippen molar-refractivity contribution in [2.75, 3.05) is 19.1 Å². The normalized spacial score (nSPS) is 10.4. The van der Waals surface area contributed by atoms with Gasteiger partial charge in [-0.2, -0.15) is 0 Å². The number of amides is 1. The SMILES string of the molecule is COc1ccc(N(C)C(=O)Cc2ccc(-n3cnnn3)cc2)nc1. The number of hydrogen-bond donors (Lipinski definition) is 0. The topological polar surface area (TPSA) is 86.0 Å². The van der Waals surface area contributed by atoms with Gasteiger partial charge in [0.15, 0.2) is 0 Å². The Morgan fingerprint density at radius 1 is 1.21 bits per heavy atom. The first kappa shape index (κ1) is 15.6. The summed E-state index contributed by atoms with van der Waals surface area (Å²) in [6.45, 7) is 0. The van der Waals surface area contributed by atoms with E-state index in [4.69, 9.17) is 4.74 Å². The number of rotatable bonds is 5. The van der Waals surface area contributed by atoms with Gasteiger partial charge in [0.25, 0.3) is 0 Å². The Morgan fingerprint density at radius 2 is 2.00 bits per heavy atom. The summed E-state index contributed by atoms with van der Waals surface area (Å²) in [6.07, 6.45) is 3.38. The van der Waals surface area contributed by atoms with Crippen molar-refractivity contribution in [1.29, 1.82) is 0 Å². The van der Waals surface area contributed by atoms with E-state index in [1.54, 1.807) is 37.2 Å². The molecular formula is C16H16N6O2. The highest BCUT2D eigenvalue weighted by molar-refractivity contribution is 5.93. The monoisotopic (exact) mass is 324 g/mol. The number of carbonyl (C=O) groups excluding carboxylic acids is 1. The van der Waals surface area contributed by atoms with Crippen LogP contribution in [0.1, 0.15) is 5.56 Å². The van der Waals surface area contributed by atoms with Crippen LogP contribution in [0.4, 0.5) is 5.82 Å². The molecule has 0 aliphatic rings. The van der Waals surface area contributed by atoms with Crippen molar-refractivity contribution < 1.29 is 9.53 Å². The van der Waals surface area contributed by atoms with Crippen molar-refractivity contribution in [3.8, 4) is 11.4 Å². The number of nitrogens with zero attached hydrogens (tertiary/aromatic N) is 6. The third-order valence-electron chi connectivity index (χ3n) is 3.58. The second-order valence-corrected chi connectivity index (χ2v) is 5.11. The molecule has 0 spiro atoms. The van der Waals surface area contributed by atoms with Crippen LogP contribution >= 0.6 is 0 Å². The molecule has 2 heterocycles. The molecule has 0 unspecified atom stereocenters. The maximum atomic E-state index is 12.4. The van der Waals surface area contributed by atoms with Crippen molar-refractivity contribution in [3.05, 3.63) is 54.5 Å². The lowest BCUT2D eigenvalue weighted by molar-refractivity contribution is -0.117. The summed E-state index contributed by atoms with van der Waals surface area (Å²) in [5.41, 5.74) is 1.73. The van der Waals surface area contributed by atoms with Gasteiger partial charge in [-0.05, 0) is 40.3 Å². The number of pyridine rings is 1. The highest BCUT2D eigenvalue weighted by atomic mass is 16.5. The zero-order valence-corrected chi connectivity index (χ0v) is 13.3. The maximum absolute atomic E-state index is 12.4. The Hall–Kier alpha value is -3.29. The van der Waals surface area contributed by atoms with Crippen molar-refractivity contribution in [2.45, 2.75) is 6.42 Å². The number of anilines is 1. The van der Waals surface area contributed by atoms with Crippen LogP contribution in [0.3, 0.4) is 0 Å². The van der Waals surface area contributed by atoms with E-state index in [-0.39, 0.29) is 12.3 Å². The summed E-state index contributed by atoms with van der Waals surface area (Å²) in [5, 5.41) is 11.0. The number of ether oxygens (including phenoxy) is 1. The van der Waals surface area contributed by atoms with Crippen LogP contribution in [0.15, 0.2) is 48.9 Å². The first-order valence-electron chi connectivity index (χ1n) is 7.26. The Labute approximate surface area is 138 Å². The maximum Gasteiger partial charge on any atom is 0.232 e. The largest absolute Gasteiger partial charge is 0.495 e. The zero-order chi connectivity index (χ0) is 16.9. The molecule has 0 aliphatic carbocycles. The summed E-state index contributed by atoms with van der Waals surface area (Å²) < 4.78 is 6.62. The molecule has 0 saturated heterocycles. The van der Waals surface area contributed by atoms with Gasteiger partial charge in [-0.1, -0.05) is 12.1 Å². The summed E-state index contributed by atoms with van der Waals surface area (Å²) in [4.78, 5) is 18.1. The van der Waals surface area contributed by atoms with Gasteiger partial charge in [-0.15, -0.1) is 5.10 Å². The molecule has 24 heavy (non-hydrogen) atoms. The Morgan fingerprint density at radius 3 is 2.58 bits per heavy atom. The van der Waals surface area contributed by atoms with Gasteiger partial charge in [0.1, 0.15) is 17.9 Å². The third kappa shape index (κ3) is 3.37. The van der Waals surface area contributed by atoms with E-state index >= 15 is 0 Å². The zero-order valence-electron chi connectivity index (χ0n) is 13.3. The van der Waals surface area contributed by atoms with Gasteiger partial charge in [-0.25, -0.2) is 9.67 Å². The van der Waals surface area contributed by atoms with Gasteiger partial charge in [0.05, 0.1) is 25.4 Å².